The summed E-state index contributed by atoms with van der Waals surface area (Å²) in [7, 11) is -2.12. The highest BCUT2D eigenvalue weighted by molar-refractivity contribution is 7.90. The zero-order valence-corrected chi connectivity index (χ0v) is 21.7. The molecule has 0 saturated carbocycles. The fourth-order valence-corrected chi connectivity index (χ4v) is 4.72. The molecule has 5 aromatic rings. The maximum absolute atomic E-state index is 14.9. The van der Waals surface area contributed by atoms with Crippen LogP contribution in [0.5, 0.6) is 0 Å². The van der Waals surface area contributed by atoms with Crippen molar-refractivity contribution in [2.45, 2.75) is 11.9 Å². The molecule has 0 saturated heterocycles. The van der Waals surface area contributed by atoms with E-state index in [0.29, 0.717) is 33.8 Å². The minimum Gasteiger partial charge on any atom is -0.357 e. The molecule has 3 heterocycles. The summed E-state index contributed by atoms with van der Waals surface area (Å²) in [6.45, 7) is 1.71. The molecule has 0 aliphatic carbocycles. The smallest absolute Gasteiger partial charge is 0.276 e. The second-order valence-electron chi connectivity index (χ2n) is 8.67. The summed E-state index contributed by atoms with van der Waals surface area (Å²) in [6.07, 6.45) is 2.52. The quantitative estimate of drug-likeness (QED) is 0.323. The normalized spacial score (nSPS) is 11.5. The maximum atomic E-state index is 14.9. The first-order valence-corrected chi connectivity index (χ1v) is 13.4. The van der Waals surface area contributed by atoms with Gasteiger partial charge in [0.1, 0.15) is 17.2 Å². The van der Waals surface area contributed by atoms with Gasteiger partial charge in [-0.1, -0.05) is 0 Å². The lowest BCUT2D eigenvalue weighted by Gasteiger charge is -2.11. The average molecular weight is 550 g/mol. The van der Waals surface area contributed by atoms with Gasteiger partial charge in [0, 0.05) is 24.9 Å². The van der Waals surface area contributed by atoms with Crippen molar-refractivity contribution < 1.29 is 22.0 Å². The third-order valence-electron chi connectivity index (χ3n) is 5.86. The molecule has 10 nitrogen and oxygen atoms in total. The Hall–Kier alpha value is -4.78. The zero-order chi connectivity index (χ0) is 27.9. The Balaban J connectivity index is 1.50. The first-order valence-electron chi connectivity index (χ1n) is 11.5. The van der Waals surface area contributed by atoms with E-state index in [1.165, 1.54) is 24.3 Å². The van der Waals surface area contributed by atoms with Gasteiger partial charge in [-0.05, 0) is 61.0 Å². The predicted molar refractivity (Wildman–Crippen MR) is 142 cm³/mol. The van der Waals surface area contributed by atoms with E-state index in [-0.39, 0.29) is 22.1 Å². The minimum atomic E-state index is -3.83. The van der Waals surface area contributed by atoms with Crippen LogP contribution in [0.25, 0.3) is 28.0 Å². The Morgan fingerprint density at radius 3 is 2.41 bits per heavy atom. The molecule has 0 aliphatic rings. The van der Waals surface area contributed by atoms with Crippen LogP contribution in [-0.4, -0.2) is 52.4 Å². The van der Waals surface area contributed by atoms with Gasteiger partial charge in [-0.15, -0.1) is 0 Å². The van der Waals surface area contributed by atoms with E-state index >= 15 is 0 Å². The lowest BCUT2D eigenvalue weighted by atomic mass is 10.0. The molecule has 0 aliphatic heterocycles. The monoisotopic (exact) mass is 549 g/mol. The Morgan fingerprint density at radius 2 is 1.72 bits per heavy atom. The van der Waals surface area contributed by atoms with Gasteiger partial charge >= 0.3 is 0 Å². The van der Waals surface area contributed by atoms with Crippen molar-refractivity contribution in [1.82, 2.24) is 24.7 Å². The molecular formula is C26H21F2N7O3S. The molecule has 0 bridgehead atoms. The van der Waals surface area contributed by atoms with Crippen molar-refractivity contribution in [3.63, 3.8) is 0 Å². The maximum Gasteiger partial charge on any atom is 0.276 e. The number of nitrogens with one attached hydrogen (secondary N) is 2. The third kappa shape index (κ3) is 5.16. The highest BCUT2D eigenvalue weighted by Crippen LogP contribution is 2.29. The number of hydrogen-bond acceptors (Lipinski definition) is 8. The van der Waals surface area contributed by atoms with Gasteiger partial charge in [-0.3, -0.25) is 4.79 Å². The van der Waals surface area contributed by atoms with Crippen LogP contribution in [0, 0.1) is 18.6 Å². The molecule has 198 valence electrons. The molecule has 0 unspecified atom stereocenters. The van der Waals surface area contributed by atoms with Crippen molar-refractivity contribution in [3.8, 4) is 16.9 Å². The summed E-state index contributed by atoms with van der Waals surface area (Å²) >= 11 is 0. The van der Waals surface area contributed by atoms with Crippen molar-refractivity contribution in [1.29, 1.82) is 0 Å². The largest absolute Gasteiger partial charge is 0.357 e. The summed E-state index contributed by atoms with van der Waals surface area (Å²) in [4.78, 5) is 26.1. The van der Waals surface area contributed by atoms with Gasteiger partial charge in [0.15, 0.2) is 20.6 Å². The molecule has 2 aromatic carbocycles. The van der Waals surface area contributed by atoms with Crippen LogP contribution in [0.1, 0.15) is 16.1 Å². The van der Waals surface area contributed by atoms with Crippen LogP contribution >= 0.6 is 0 Å². The third-order valence-corrected chi connectivity index (χ3v) is 6.91. The number of aryl methyl sites for hydroxylation is 1. The molecule has 0 fully saturated rings. The molecule has 0 spiro atoms. The standard InChI is InChI=1S/C26H21F2N7O3S/c1-14-10-18(28)21(11-17(14)19-8-9-20-23(31-19)13-30-26(29-2)33-20)32-25(36)22-12-24(39(3,37)38)35(34-22)16-6-4-15(27)5-7-16/h4-13H,1-3H3,(H,32,36)(H,29,30,33). The Bertz CT molecular complexity index is 1860. The van der Waals surface area contributed by atoms with Gasteiger partial charge in [-0.25, -0.2) is 36.8 Å². The van der Waals surface area contributed by atoms with E-state index in [2.05, 4.69) is 30.7 Å². The van der Waals surface area contributed by atoms with Crippen LogP contribution in [0.15, 0.2) is 65.8 Å². The van der Waals surface area contributed by atoms with Crippen molar-refractivity contribution in [2.75, 3.05) is 23.9 Å². The van der Waals surface area contributed by atoms with Crippen LogP contribution in [-0.2, 0) is 9.84 Å². The fourth-order valence-electron chi connectivity index (χ4n) is 3.93. The molecule has 0 atom stereocenters. The zero-order valence-electron chi connectivity index (χ0n) is 20.9. The molecule has 3 aromatic heterocycles. The molecule has 0 radical (unpaired) electrons. The lowest BCUT2D eigenvalue weighted by molar-refractivity contribution is 0.102. The summed E-state index contributed by atoms with van der Waals surface area (Å²) < 4.78 is 54.0. The molecule has 1 amide bonds. The topological polar surface area (TPSA) is 132 Å². The number of aromatic nitrogens is 5. The molecule has 2 N–H and O–H groups in total. The number of carbonyl (C=O) groups is 1. The first-order chi connectivity index (χ1) is 18.5. The van der Waals surface area contributed by atoms with E-state index in [1.807, 2.05) is 0 Å². The van der Waals surface area contributed by atoms with Crippen molar-refractivity contribution >= 4 is 38.4 Å². The second-order valence-corrected chi connectivity index (χ2v) is 10.6. The summed E-state index contributed by atoms with van der Waals surface area (Å²) in [5.41, 5.74) is 2.59. The summed E-state index contributed by atoms with van der Waals surface area (Å²) in [5.74, 6) is -1.62. The number of pyridine rings is 1. The molecule has 13 heteroatoms. The van der Waals surface area contributed by atoms with E-state index in [0.717, 1.165) is 29.1 Å². The Labute approximate surface area is 221 Å². The summed E-state index contributed by atoms with van der Waals surface area (Å²) in [6, 6.07) is 12.2. The average Bonchev–Trinajstić information content (AvgIpc) is 3.36. The van der Waals surface area contributed by atoms with Crippen LogP contribution in [0.2, 0.25) is 0 Å². The van der Waals surface area contributed by atoms with Crippen molar-refractivity contribution in [3.05, 3.63) is 83.7 Å². The van der Waals surface area contributed by atoms with Crippen LogP contribution in [0.4, 0.5) is 20.4 Å². The van der Waals surface area contributed by atoms with Gasteiger partial charge in [0.2, 0.25) is 5.95 Å². The number of nitrogens with zero attached hydrogens (tertiary/aromatic N) is 5. The highest BCUT2D eigenvalue weighted by Gasteiger charge is 2.23. The number of benzene rings is 2. The Kier molecular flexibility index (Phi) is 6.52. The van der Waals surface area contributed by atoms with Crippen LogP contribution in [0.3, 0.4) is 0 Å². The highest BCUT2D eigenvalue weighted by atomic mass is 32.2. The van der Waals surface area contributed by atoms with E-state index in [4.69, 9.17) is 0 Å². The number of anilines is 2. The van der Waals surface area contributed by atoms with Crippen molar-refractivity contribution in [2.24, 2.45) is 0 Å². The first kappa shape index (κ1) is 25.9. The van der Waals surface area contributed by atoms with E-state index < -0.39 is 27.4 Å². The number of carbonyl (C=O) groups excluding carboxylic acids is 1. The van der Waals surface area contributed by atoms with Gasteiger partial charge < -0.3 is 10.6 Å². The van der Waals surface area contributed by atoms with Gasteiger partial charge in [-0.2, -0.15) is 5.10 Å². The Morgan fingerprint density at radius 1 is 0.974 bits per heavy atom. The fraction of sp³-hybridized carbons (Fsp3) is 0.115. The van der Waals surface area contributed by atoms with E-state index in [9.17, 15) is 22.0 Å². The lowest BCUT2D eigenvalue weighted by Crippen LogP contribution is -2.14. The summed E-state index contributed by atoms with van der Waals surface area (Å²) in [5, 5.41) is 9.13. The van der Waals surface area contributed by atoms with Gasteiger partial charge in [0.25, 0.3) is 5.91 Å². The molecule has 39 heavy (non-hydrogen) atoms. The number of sulfone groups is 1. The minimum absolute atomic E-state index is 0.151. The number of hydrogen-bond donors (Lipinski definition) is 2. The van der Waals surface area contributed by atoms with Gasteiger partial charge in [0.05, 0.1) is 28.8 Å². The predicted octanol–water partition coefficient (Wildman–Crippen LogP) is 4.16. The number of halogens is 2. The van der Waals surface area contributed by atoms with Crippen LogP contribution < -0.4 is 10.6 Å². The number of fused-ring (bicyclic) bond motifs is 1. The number of rotatable bonds is 6. The SMILES string of the molecule is CNc1ncc2nc(-c3cc(NC(=O)c4cc(S(C)(=O)=O)n(-c5ccc(F)cc5)n4)c(F)cc3C)ccc2n1. The molecular weight excluding hydrogens is 528 g/mol. The second kappa shape index (κ2) is 9.83. The van der Waals surface area contributed by atoms with E-state index in [1.54, 1.807) is 32.3 Å². The number of amides is 1. The molecule has 5 rings (SSSR count).